The molecule has 1 aliphatic rings. The number of hydrogen-bond donors (Lipinski definition) is 0. The first-order valence-corrected chi connectivity index (χ1v) is 8.24. The van der Waals surface area contributed by atoms with Gasteiger partial charge in [-0.25, -0.2) is 8.78 Å². The topological polar surface area (TPSA) is 0 Å². The van der Waals surface area contributed by atoms with Crippen LogP contribution in [0, 0.1) is 0 Å². The van der Waals surface area contributed by atoms with Crippen molar-refractivity contribution in [2.75, 3.05) is 0 Å². The molecule has 1 aliphatic carbocycles. The first-order chi connectivity index (χ1) is 11.0. The minimum atomic E-state index is -5.21. The minimum absolute atomic E-state index is 0.166. The van der Waals surface area contributed by atoms with Crippen LogP contribution in [0.2, 0.25) is 0 Å². The largest absolute Gasteiger partial charge is 0.355 e. The van der Waals surface area contributed by atoms with Crippen molar-refractivity contribution in [1.82, 2.24) is 0 Å². The van der Waals surface area contributed by atoms with Crippen LogP contribution in [0.1, 0.15) is 11.1 Å². The van der Waals surface area contributed by atoms with Crippen molar-refractivity contribution in [3.05, 3.63) is 68.6 Å². The van der Waals surface area contributed by atoms with Gasteiger partial charge in [0.25, 0.3) is 0 Å². The molecule has 2 atom stereocenters. The molecular weight excluding hydrogens is 466 g/mol. The third kappa shape index (κ3) is 1.87. The third-order valence-electron chi connectivity index (χ3n) is 4.18. The zero-order valence-corrected chi connectivity index (χ0v) is 14.8. The fourth-order valence-corrected chi connectivity index (χ4v) is 3.77. The van der Waals surface area contributed by atoms with E-state index >= 15 is 8.78 Å². The van der Waals surface area contributed by atoms with E-state index in [1.54, 1.807) is 0 Å². The summed E-state index contributed by atoms with van der Waals surface area (Å²) in [5, 5.41) is 0. The van der Waals surface area contributed by atoms with E-state index < -0.39 is 34.3 Å². The highest BCUT2D eigenvalue weighted by molar-refractivity contribution is 9.10. The average molecular weight is 474 g/mol. The normalized spacial score (nSPS) is 30.7. The van der Waals surface area contributed by atoms with E-state index in [1.807, 2.05) is 0 Å². The summed E-state index contributed by atoms with van der Waals surface area (Å²) in [6, 6.07) is 8.59. The number of benzene rings is 2. The second-order valence-electron chi connectivity index (χ2n) is 5.49. The lowest BCUT2D eigenvalue weighted by molar-refractivity contribution is -0.451. The number of hydrogen-bond acceptors (Lipinski definition) is 0. The first-order valence-electron chi connectivity index (χ1n) is 6.65. The predicted octanol–water partition coefficient (Wildman–Crippen LogP) is 6.53. The summed E-state index contributed by atoms with van der Waals surface area (Å²) < 4.78 is 87.3. The maximum atomic E-state index is 15.3. The second-order valence-corrected chi connectivity index (χ2v) is 7.32. The molecule has 128 valence electrons. The van der Waals surface area contributed by atoms with Crippen molar-refractivity contribution in [3.63, 3.8) is 0 Å². The molecule has 3 rings (SSSR count). The summed E-state index contributed by atoms with van der Waals surface area (Å²) in [5.41, 5.74) is -10.2. The Labute approximate surface area is 150 Å². The van der Waals surface area contributed by atoms with Crippen LogP contribution in [0.3, 0.4) is 0 Å². The summed E-state index contributed by atoms with van der Waals surface area (Å²) in [6.45, 7) is 0. The van der Waals surface area contributed by atoms with Crippen LogP contribution in [-0.2, 0) is 11.3 Å². The second kappa shape index (κ2) is 5.24. The molecular formula is C16H8Br2F6. The van der Waals surface area contributed by atoms with Crippen molar-refractivity contribution in [1.29, 1.82) is 0 Å². The molecule has 1 saturated carbocycles. The molecule has 0 radical (unpaired) electrons. The summed E-state index contributed by atoms with van der Waals surface area (Å²) >= 11 is 5.90. The first kappa shape index (κ1) is 17.8. The van der Waals surface area contributed by atoms with E-state index in [0.717, 1.165) is 24.3 Å². The number of rotatable bonds is 2. The van der Waals surface area contributed by atoms with Gasteiger partial charge in [-0.15, -0.1) is 0 Å². The minimum Gasteiger partial charge on any atom is -0.227 e. The molecule has 0 aliphatic heterocycles. The molecule has 0 nitrogen and oxygen atoms in total. The lowest BCUT2D eigenvalue weighted by Gasteiger charge is -2.58. The highest BCUT2D eigenvalue weighted by Gasteiger charge is 2.98. The Bertz CT molecular complexity index is 741. The van der Waals surface area contributed by atoms with E-state index in [2.05, 4.69) is 31.9 Å². The van der Waals surface area contributed by atoms with Gasteiger partial charge in [0.2, 0.25) is 11.3 Å². The standard InChI is InChI=1S/C16H8Br2F6/c17-11-5-1-3-9(7-11)13(19)14(20,16(23,24)15(13,21)22)10-4-2-6-12(18)8-10/h1-8H/t13-,14-/m1/s1. The van der Waals surface area contributed by atoms with Gasteiger partial charge in [0.15, 0.2) is 0 Å². The number of alkyl halides is 6. The van der Waals surface area contributed by atoms with Crippen LogP contribution < -0.4 is 0 Å². The van der Waals surface area contributed by atoms with Gasteiger partial charge in [-0.05, 0) is 24.3 Å². The van der Waals surface area contributed by atoms with Gasteiger partial charge in [-0.3, -0.25) is 0 Å². The molecule has 0 unspecified atom stereocenters. The maximum absolute atomic E-state index is 15.3. The molecule has 0 bridgehead atoms. The van der Waals surface area contributed by atoms with Gasteiger partial charge in [0, 0.05) is 20.1 Å². The van der Waals surface area contributed by atoms with Crippen molar-refractivity contribution in [2.45, 2.75) is 23.2 Å². The van der Waals surface area contributed by atoms with Crippen LogP contribution in [0.4, 0.5) is 26.3 Å². The van der Waals surface area contributed by atoms with Crippen molar-refractivity contribution >= 4 is 31.9 Å². The summed E-state index contributed by atoms with van der Waals surface area (Å²) in [7, 11) is 0. The van der Waals surface area contributed by atoms with Crippen molar-refractivity contribution in [2.24, 2.45) is 0 Å². The summed E-state index contributed by atoms with van der Waals surface area (Å²) in [4.78, 5) is 0. The van der Waals surface area contributed by atoms with E-state index in [4.69, 9.17) is 0 Å². The number of halogens is 8. The van der Waals surface area contributed by atoms with Gasteiger partial charge in [-0.2, -0.15) is 17.6 Å². The molecule has 2 aromatic rings. The van der Waals surface area contributed by atoms with Gasteiger partial charge < -0.3 is 0 Å². The SMILES string of the molecule is FC1(F)C(F)(F)[C@@](F)(c2cccc(Br)c2)[C@]1(F)c1cccc(Br)c1. The smallest absolute Gasteiger partial charge is 0.227 e. The van der Waals surface area contributed by atoms with E-state index in [1.165, 1.54) is 24.3 Å². The van der Waals surface area contributed by atoms with Crippen LogP contribution in [0.25, 0.3) is 0 Å². The predicted molar refractivity (Wildman–Crippen MR) is 83.8 cm³/mol. The molecule has 8 heteroatoms. The van der Waals surface area contributed by atoms with Crippen LogP contribution in [0.15, 0.2) is 57.5 Å². The van der Waals surface area contributed by atoms with Crippen LogP contribution in [-0.4, -0.2) is 11.8 Å². The van der Waals surface area contributed by atoms with Gasteiger partial charge in [0.05, 0.1) is 0 Å². The monoisotopic (exact) mass is 472 g/mol. The Morgan fingerprint density at radius 2 is 0.917 bits per heavy atom. The molecule has 1 fully saturated rings. The molecule has 0 heterocycles. The Kier molecular flexibility index (Phi) is 3.88. The van der Waals surface area contributed by atoms with Gasteiger partial charge in [-0.1, -0.05) is 56.1 Å². The summed E-state index contributed by atoms with van der Waals surface area (Å²) in [5.74, 6) is -10.4. The van der Waals surface area contributed by atoms with Crippen LogP contribution >= 0.6 is 31.9 Å². The van der Waals surface area contributed by atoms with Gasteiger partial charge in [0.1, 0.15) is 0 Å². The highest BCUT2D eigenvalue weighted by Crippen LogP contribution is 2.76. The zero-order chi connectivity index (χ0) is 18.0. The van der Waals surface area contributed by atoms with E-state index in [9.17, 15) is 17.6 Å². The Morgan fingerprint density at radius 1 is 0.583 bits per heavy atom. The van der Waals surface area contributed by atoms with Gasteiger partial charge >= 0.3 is 11.8 Å². The Morgan fingerprint density at radius 3 is 1.21 bits per heavy atom. The van der Waals surface area contributed by atoms with Crippen molar-refractivity contribution in [3.8, 4) is 0 Å². The maximum Gasteiger partial charge on any atom is 0.355 e. The fraction of sp³-hybridized carbons (Fsp3) is 0.250. The zero-order valence-electron chi connectivity index (χ0n) is 11.6. The van der Waals surface area contributed by atoms with E-state index in [-0.39, 0.29) is 8.95 Å². The van der Waals surface area contributed by atoms with Crippen LogP contribution in [0.5, 0.6) is 0 Å². The molecule has 2 aromatic carbocycles. The fourth-order valence-electron chi connectivity index (χ4n) is 2.97. The Hall–Kier alpha value is -1.02. The van der Waals surface area contributed by atoms with E-state index in [0.29, 0.717) is 0 Å². The molecule has 0 aromatic heterocycles. The molecule has 0 N–H and O–H groups in total. The summed E-state index contributed by atoms with van der Waals surface area (Å²) in [6.07, 6.45) is 0. The third-order valence-corrected chi connectivity index (χ3v) is 5.17. The molecule has 0 amide bonds. The Balaban J connectivity index is 2.30. The van der Waals surface area contributed by atoms with Crippen molar-refractivity contribution < 1.29 is 26.3 Å². The highest BCUT2D eigenvalue weighted by atomic mass is 79.9. The lowest BCUT2D eigenvalue weighted by Crippen LogP contribution is -2.82. The lowest BCUT2D eigenvalue weighted by atomic mass is 9.56. The average Bonchev–Trinajstić information content (AvgIpc) is 2.52. The molecule has 0 saturated heterocycles. The quantitative estimate of drug-likeness (QED) is 0.435. The molecule has 0 spiro atoms. The molecule has 24 heavy (non-hydrogen) atoms.